The number of benzene rings is 1. The maximum Gasteiger partial charge on any atom is 0.142 e. The minimum Gasteiger partial charge on any atom is -0.491 e. The van der Waals surface area contributed by atoms with E-state index in [-0.39, 0.29) is 0 Å². The lowest BCUT2D eigenvalue weighted by atomic mass is 10.1. The first-order valence-electron chi connectivity index (χ1n) is 6.96. The van der Waals surface area contributed by atoms with Crippen LogP contribution in [0.3, 0.4) is 0 Å². The number of anilines is 1. The summed E-state index contributed by atoms with van der Waals surface area (Å²) in [5.74, 6) is 1.72. The van der Waals surface area contributed by atoms with Gasteiger partial charge in [-0.3, -0.25) is 0 Å². The minimum absolute atomic E-state index is 0.750. The zero-order valence-electron chi connectivity index (χ0n) is 11.0. The van der Waals surface area contributed by atoms with Gasteiger partial charge in [0.2, 0.25) is 0 Å². The fraction of sp³-hybridized carbons (Fsp3) is 0.600. The molecule has 0 bridgehead atoms. The molecular formula is C15H22ClNO. The molecule has 0 unspecified atom stereocenters. The van der Waals surface area contributed by atoms with Crippen LogP contribution in [0.15, 0.2) is 18.2 Å². The second-order valence-electron chi connectivity index (χ2n) is 5.02. The summed E-state index contributed by atoms with van der Waals surface area (Å²) in [6, 6.07) is 5.80. The Morgan fingerprint density at radius 2 is 2.11 bits per heavy atom. The second kappa shape index (κ2) is 6.89. The van der Waals surface area contributed by atoms with Gasteiger partial charge in [0.15, 0.2) is 0 Å². The molecule has 3 heteroatoms. The summed E-state index contributed by atoms with van der Waals surface area (Å²) in [7, 11) is 0. The number of nitrogens with one attached hydrogen (secondary N) is 1. The van der Waals surface area contributed by atoms with Gasteiger partial charge in [0.05, 0.1) is 12.3 Å². The summed E-state index contributed by atoms with van der Waals surface area (Å²) in [5, 5.41) is 4.25. The first-order valence-corrected chi connectivity index (χ1v) is 7.33. The Morgan fingerprint density at radius 1 is 1.33 bits per heavy atom. The third kappa shape index (κ3) is 3.81. The number of rotatable bonds is 6. The van der Waals surface area contributed by atoms with Crippen molar-refractivity contribution in [2.24, 2.45) is 5.92 Å². The zero-order valence-corrected chi connectivity index (χ0v) is 11.8. The molecule has 0 saturated heterocycles. The highest BCUT2D eigenvalue weighted by atomic mass is 35.5. The molecule has 1 saturated carbocycles. The fourth-order valence-electron chi connectivity index (χ4n) is 2.45. The van der Waals surface area contributed by atoms with Crippen LogP contribution in [0.4, 0.5) is 5.69 Å². The number of hydrogen-bond donors (Lipinski definition) is 1. The van der Waals surface area contributed by atoms with Gasteiger partial charge in [-0.2, -0.15) is 0 Å². The molecule has 1 aliphatic carbocycles. The van der Waals surface area contributed by atoms with E-state index in [1.54, 1.807) is 0 Å². The predicted octanol–water partition coefficient (Wildman–Crippen LogP) is 4.73. The zero-order chi connectivity index (χ0) is 12.8. The number of ether oxygens (including phenoxy) is 1. The van der Waals surface area contributed by atoms with Crippen LogP contribution in [-0.4, -0.2) is 13.2 Å². The van der Waals surface area contributed by atoms with Gasteiger partial charge in [-0.05, 0) is 43.4 Å². The molecule has 1 aromatic carbocycles. The van der Waals surface area contributed by atoms with Crippen LogP contribution in [0.25, 0.3) is 0 Å². The van der Waals surface area contributed by atoms with E-state index >= 15 is 0 Å². The summed E-state index contributed by atoms with van der Waals surface area (Å²) >= 11 is 6.05. The highest BCUT2D eigenvalue weighted by Crippen LogP contribution is 2.30. The Hall–Kier alpha value is -0.890. The first kappa shape index (κ1) is 13.5. The molecule has 0 spiro atoms. The van der Waals surface area contributed by atoms with Gasteiger partial charge in [-0.25, -0.2) is 0 Å². The molecule has 0 aliphatic heterocycles. The molecular weight excluding hydrogens is 246 g/mol. The maximum atomic E-state index is 6.05. The van der Waals surface area contributed by atoms with Crippen LogP contribution < -0.4 is 10.1 Å². The predicted molar refractivity (Wildman–Crippen MR) is 77.7 cm³/mol. The topological polar surface area (TPSA) is 21.3 Å². The van der Waals surface area contributed by atoms with Crippen LogP contribution in [0, 0.1) is 5.92 Å². The molecule has 0 amide bonds. The summed E-state index contributed by atoms with van der Waals surface area (Å²) in [4.78, 5) is 0. The molecule has 1 fully saturated rings. The third-order valence-electron chi connectivity index (χ3n) is 3.46. The van der Waals surface area contributed by atoms with Crippen molar-refractivity contribution in [3.05, 3.63) is 23.2 Å². The van der Waals surface area contributed by atoms with Crippen molar-refractivity contribution in [2.45, 2.75) is 39.0 Å². The van der Waals surface area contributed by atoms with E-state index < -0.39 is 0 Å². The second-order valence-corrected chi connectivity index (χ2v) is 5.46. The smallest absolute Gasteiger partial charge is 0.142 e. The Bertz CT molecular complexity index is 375. The molecule has 0 heterocycles. The average Bonchev–Trinajstić information content (AvgIpc) is 2.88. The van der Waals surface area contributed by atoms with E-state index in [0.29, 0.717) is 0 Å². The van der Waals surface area contributed by atoms with E-state index in [1.807, 2.05) is 18.2 Å². The Labute approximate surface area is 115 Å². The van der Waals surface area contributed by atoms with Gasteiger partial charge >= 0.3 is 0 Å². The van der Waals surface area contributed by atoms with E-state index in [0.717, 1.165) is 41.9 Å². The van der Waals surface area contributed by atoms with E-state index in [9.17, 15) is 0 Å². The van der Waals surface area contributed by atoms with Crippen molar-refractivity contribution < 1.29 is 4.74 Å². The lowest BCUT2D eigenvalue weighted by molar-refractivity contribution is 0.318. The normalized spacial score (nSPS) is 15.9. The van der Waals surface area contributed by atoms with Gasteiger partial charge in [0.1, 0.15) is 5.75 Å². The van der Waals surface area contributed by atoms with Crippen molar-refractivity contribution in [3.63, 3.8) is 0 Å². The number of hydrogen-bond acceptors (Lipinski definition) is 2. The minimum atomic E-state index is 0.750. The monoisotopic (exact) mass is 267 g/mol. The lowest BCUT2D eigenvalue weighted by Gasteiger charge is -2.16. The third-order valence-corrected chi connectivity index (χ3v) is 3.69. The van der Waals surface area contributed by atoms with E-state index in [4.69, 9.17) is 16.3 Å². The van der Waals surface area contributed by atoms with Gasteiger partial charge in [0, 0.05) is 11.6 Å². The van der Waals surface area contributed by atoms with Gasteiger partial charge < -0.3 is 10.1 Å². The summed E-state index contributed by atoms with van der Waals surface area (Å²) in [5.41, 5.74) is 1.03. The quantitative estimate of drug-likeness (QED) is 0.804. The van der Waals surface area contributed by atoms with Gasteiger partial charge in [-0.1, -0.05) is 31.4 Å². The Morgan fingerprint density at radius 3 is 2.83 bits per heavy atom. The van der Waals surface area contributed by atoms with Crippen molar-refractivity contribution in [2.75, 3.05) is 18.5 Å². The van der Waals surface area contributed by atoms with Crippen LogP contribution in [0.1, 0.15) is 39.0 Å². The Kier molecular flexibility index (Phi) is 5.18. The van der Waals surface area contributed by atoms with E-state index in [1.165, 1.54) is 25.7 Å². The lowest BCUT2D eigenvalue weighted by Crippen LogP contribution is -2.12. The summed E-state index contributed by atoms with van der Waals surface area (Å²) in [6.07, 6.45) is 6.46. The largest absolute Gasteiger partial charge is 0.491 e. The standard InChI is InChI=1S/C15H22ClNO/c1-2-9-18-15-8-7-13(16)10-14(15)17-11-12-5-3-4-6-12/h7-8,10,12,17H,2-6,9,11H2,1H3. The highest BCUT2D eigenvalue weighted by molar-refractivity contribution is 6.30. The van der Waals surface area contributed by atoms with Gasteiger partial charge in [0.25, 0.3) is 0 Å². The molecule has 2 rings (SSSR count). The van der Waals surface area contributed by atoms with Crippen molar-refractivity contribution >= 4 is 17.3 Å². The molecule has 18 heavy (non-hydrogen) atoms. The molecule has 0 radical (unpaired) electrons. The molecule has 1 aliphatic rings. The van der Waals surface area contributed by atoms with Crippen molar-refractivity contribution in [1.29, 1.82) is 0 Å². The maximum absolute atomic E-state index is 6.05. The molecule has 1 N–H and O–H groups in total. The van der Waals surface area contributed by atoms with Crippen LogP contribution in [0.5, 0.6) is 5.75 Å². The molecule has 0 aromatic heterocycles. The summed E-state index contributed by atoms with van der Waals surface area (Å²) < 4.78 is 5.74. The van der Waals surface area contributed by atoms with E-state index in [2.05, 4.69) is 12.2 Å². The molecule has 100 valence electrons. The van der Waals surface area contributed by atoms with Crippen LogP contribution >= 0.6 is 11.6 Å². The van der Waals surface area contributed by atoms with Crippen LogP contribution in [-0.2, 0) is 0 Å². The number of halogens is 1. The van der Waals surface area contributed by atoms with Crippen LogP contribution in [0.2, 0.25) is 5.02 Å². The fourth-order valence-corrected chi connectivity index (χ4v) is 2.62. The van der Waals surface area contributed by atoms with Gasteiger partial charge in [-0.15, -0.1) is 0 Å². The Balaban J connectivity index is 1.97. The first-order chi connectivity index (χ1) is 8.79. The molecule has 1 aromatic rings. The van der Waals surface area contributed by atoms with Crippen molar-refractivity contribution in [1.82, 2.24) is 0 Å². The van der Waals surface area contributed by atoms with Crippen molar-refractivity contribution in [3.8, 4) is 5.75 Å². The SMILES string of the molecule is CCCOc1ccc(Cl)cc1NCC1CCCC1. The molecule has 0 atom stereocenters. The molecule has 2 nitrogen and oxygen atoms in total. The average molecular weight is 268 g/mol. The summed E-state index contributed by atoms with van der Waals surface area (Å²) in [6.45, 7) is 3.89. The highest BCUT2D eigenvalue weighted by Gasteiger charge is 2.15.